The van der Waals surface area contributed by atoms with Crippen LogP contribution in [0.4, 0.5) is 0 Å². The lowest BCUT2D eigenvalue weighted by Gasteiger charge is -2.25. The van der Waals surface area contributed by atoms with Crippen LogP contribution in [0.3, 0.4) is 0 Å². The van der Waals surface area contributed by atoms with E-state index in [0.29, 0.717) is 0 Å². The van der Waals surface area contributed by atoms with Gasteiger partial charge in [0, 0.05) is 6.54 Å². The Hall–Kier alpha value is -1.25. The molecule has 0 radical (unpaired) electrons. The molecule has 3 heteroatoms. The van der Waals surface area contributed by atoms with Crippen molar-refractivity contribution in [1.29, 1.82) is 0 Å². The number of hydrogen-bond acceptors (Lipinski definition) is 2. The Balaban J connectivity index is 0.000000963. The maximum absolute atomic E-state index is 5.47. The van der Waals surface area contributed by atoms with Crippen LogP contribution in [-0.2, 0) is 6.42 Å². The van der Waals surface area contributed by atoms with E-state index in [-0.39, 0.29) is 18.4 Å². The lowest BCUT2D eigenvalue weighted by Crippen LogP contribution is -2.30. The van der Waals surface area contributed by atoms with Crippen LogP contribution in [0, 0.1) is 0 Å². The van der Waals surface area contributed by atoms with Crippen LogP contribution >= 0.6 is 12.4 Å². The van der Waals surface area contributed by atoms with E-state index in [1.807, 2.05) is 12.1 Å². The molecule has 16 heavy (non-hydrogen) atoms. The molecule has 84 valence electrons. The molecule has 1 aliphatic heterocycles. The minimum Gasteiger partial charge on any atom is -0.467 e. The number of hydrogen-bond donors (Lipinski definition) is 1. The minimum absolute atomic E-state index is 0. The van der Waals surface area contributed by atoms with Crippen LogP contribution in [0.5, 0.6) is 0 Å². The van der Waals surface area contributed by atoms with Crippen molar-refractivity contribution in [3.05, 3.63) is 59.5 Å². The monoisotopic (exact) mass is 235 g/mol. The van der Waals surface area contributed by atoms with E-state index in [4.69, 9.17) is 4.42 Å². The standard InChI is InChI=1S/C13H13NO.ClH/c1-2-5-11-10(4-1)7-8-14-13(11)12-6-3-9-15-12;/h1-6,9,13-14H,7-8H2;1H. The van der Waals surface area contributed by atoms with Gasteiger partial charge in [-0.15, -0.1) is 12.4 Å². The average molecular weight is 236 g/mol. The fourth-order valence-corrected chi connectivity index (χ4v) is 2.21. The van der Waals surface area contributed by atoms with Crippen LogP contribution < -0.4 is 5.32 Å². The van der Waals surface area contributed by atoms with Gasteiger partial charge in [0.2, 0.25) is 0 Å². The number of fused-ring (bicyclic) bond motifs is 1. The summed E-state index contributed by atoms with van der Waals surface area (Å²) in [5.74, 6) is 1.00. The topological polar surface area (TPSA) is 25.2 Å². The van der Waals surface area contributed by atoms with Gasteiger partial charge in [0.1, 0.15) is 5.76 Å². The largest absolute Gasteiger partial charge is 0.467 e. The number of benzene rings is 1. The van der Waals surface area contributed by atoms with Crippen molar-refractivity contribution in [3.8, 4) is 0 Å². The SMILES string of the molecule is Cl.c1coc(C2NCCc3ccccc32)c1. The summed E-state index contributed by atoms with van der Waals surface area (Å²) in [6, 6.07) is 12.8. The summed E-state index contributed by atoms with van der Waals surface area (Å²) < 4.78 is 5.47. The summed E-state index contributed by atoms with van der Waals surface area (Å²) in [4.78, 5) is 0. The highest BCUT2D eigenvalue weighted by Gasteiger charge is 2.22. The Labute approximate surface area is 101 Å². The van der Waals surface area contributed by atoms with Crippen LogP contribution in [0.2, 0.25) is 0 Å². The second-order valence-electron chi connectivity index (χ2n) is 3.85. The quantitative estimate of drug-likeness (QED) is 0.822. The first kappa shape index (κ1) is 11.2. The van der Waals surface area contributed by atoms with E-state index in [1.165, 1.54) is 11.1 Å². The first-order chi connectivity index (χ1) is 7.45. The molecule has 0 saturated carbocycles. The lowest BCUT2D eigenvalue weighted by atomic mass is 9.93. The fraction of sp³-hybridized carbons (Fsp3) is 0.231. The van der Waals surface area contributed by atoms with Gasteiger partial charge in [-0.2, -0.15) is 0 Å². The van der Waals surface area contributed by atoms with Gasteiger partial charge in [0.25, 0.3) is 0 Å². The normalized spacial score (nSPS) is 18.6. The van der Waals surface area contributed by atoms with Crippen LogP contribution in [0.15, 0.2) is 47.1 Å². The van der Waals surface area contributed by atoms with Crippen molar-refractivity contribution in [3.63, 3.8) is 0 Å². The molecule has 0 amide bonds. The first-order valence-electron chi connectivity index (χ1n) is 5.30. The summed E-state index contributed by atoms with van der Waals surface area (Å²) in [6.45, 7) is 1.02. The Morgan fingerprint density at radius 2 is 2.00 bits per heavy atom. The Morgan fingerprint density at radius 3 is 2.81 bits per heavy atom. The predicted octanol–water partition coefficient (Wildman–Crippen LogP) is 2.94. The third-order valence-corrected chi connectivity index (χ3v) is 2.94. The minimum atomic E-state index is 0. The van der Waals surface area contributed by atoms with E-state index < -0.39 is 0 Å². The molecule has 3 rings (SSSR count). The second kappa shape index (κ2) is 4.73. The molecule has 0 saturated heterocycles. The predicted molar refractivity (Wildman–Crippen MR) is 65.9 cm³/mol. The van der Waals surface area contributed by atoms with Gasteiger partial charge >= 0.3 is 0 Å². The molecule has 0 bridgehead atoms. The fourth-order valence-electron chi connectivity index (χ4n) is 2.21. The third-order valence-electron chi connectivity index (χ3n) is 2.94. The lowest BCUT2D eigenvalue weighted by molar-refractivity contribution is 0.435. The van der Waals surface area contributed by atoms with E-state index in [1.54, 1.807) is 6.26 Å². The Bertz CT molecular complexity index is 453. The van der Waals surface area contributed by atoms with Gasteiger partial charge in [-0.3, -0.25) is 0 Å². The van der Waals surface area contributed by atoms with Crippen molar-refractivity contribution in [2.45, 2.75) is 12.5 Å². The number of nitrogens with one attached hydrogen (secondary N) is 1. The molecule has 1 unspecified atom stereocenters. The van der Waals surface area contributed by atoms with Gasteiger partial charge in [-0.05, 0) is 29.7 Å². The van der Waals surface area contributed by atoms with Crippen LogP contribution in [0.25, 0.3) is 0 Å². The van der Waals surface area contributed by atoms with Gasteiger partial charge in [-0.25, -0.2) is 0 Å². The summed E-state index contributed by atoms with van der Waals surface area (Å²) >= 11 is 0. The molecule has 0 spiro atoms. The summed E-state index contributed by atoms with van der Waals surface area (Å²) in [5.41, 5.74) is 2.77. The highest BCUT2D eigenvalue weighted by Crippen LogP contribution is 2.28. The molecule has 2 aromatic rings. The molecule has 0 fully saturated rings. The zero-order valence-corrected chi connectivity index (χ0v) is 9.67. The highest BCUT2D eigenvalue weighted by atomic mass is 35.5. The average Bonchev–Trinajstić information content (AvgIpc) is 2.82. The van der Waals surface area contributed by atoms with E-state index in [9.17, 15) is 0 Å². The van der Waals surface area contributed by atoms with Gasteiger partial charge in [0.15, 0.2) is 0 Å². The molecule has 2 nitrogen and oxygen atoms in total. The zero-order valence-electron chi connectivity index (χ0n) is 8.85. The number of halogens is 1. The van der Waals surface area contributed by atoms with E-state index >= 15 is 0 Å². The van der Waals surface area contributed by atoms with E-state index in [2.05, 4.69) is 29.6 Å². The van der Waals surface area contributed by atoms with Crippen molar-refractivity contribution < 1.29 is 4.42 Å². The van der Waals surface area contributed by atoms with Crippen molar-refractivity contribution in [2.24, 2.45) is 0 Å². The van der Waals surface area contributed by atoms with Crippen LogP contribution in [0.1, 0.15) is 22.9 Å². The molecule has 1 aliphatic rings. The number of rotatable bonds is 1. The van der Waals surface area contributed by atoms with Crippen molar-refractivity contribution in [2.75, 3.05) is 6.54 Å². The maximum atomic E-state index is 5.47. The summed E-state index contributed by atoms with van der Waals surface area (Å²) in [6.07, 6.45) is 2.83. The maximum Gasteiger partial charge on any atom is 0.125 e. The molecule has 1 aromatic carbocycles. The molecular formula is C13H14ClNO. The van der Waals surface area contributed by atoms with Crippen molar-refractivity contribution >= 4 is 12.4 Å². The smallest absolute Gasteiger partial charge is 0.125 e. The van der Waals surface area contributed by atoms with Gasteiger partial charge in [0.05, 0.1) is 12.3 Å². The molecule has 1 aromatic heterocycles. The van der Waals surface area contributed by atoms with Gasteiger partial charge < -0.3 is 9.73 Å². The molecule has 2 heterocycles. The van der Waals surface area contributed by atoms with Gasteiger partial charge in [-0.1, -0.05) is 24.3 Å². The molecule has 0 aliphatic carbocycles. The zero-order chi connectivity index (χ0) is 10.1. The molecule has 1 N–H and O–H groups in total. The second-order valence-corrected chi connectivity index (χ2v) is 3.85. The Kier molecular flexibility index (Phi) is 3.32. The summed E-state index contributed by atoms with van der Waals surface area (Å²) in [7, 11) is 0. The highest BCUT2D eigenvalue weighted by molar-refractivity contribution is 5.85. The van der Waals surface area contributed by atoms with Crippen molar-refractivity contribution in [1.82, 2.24) is 5.32 Å². The first-order valence-corrected chi connectivity index (χ1v) is 5.30. The van der Waals surface area contributed by atoms with E-state index in [0.717, 1.165) is 18.7 Å². The molecular weight excluding hydrogens is 222 g/mol. The summed E-state index contributed by atoms with van der Waals surface area (Å²) in [5, 5.41) is 3.48. The Morgan fingerprint density at radius 1 is 1.12 bits per heavy atom. The third kappa shape index (κ3) is 1.86. The van der Waals surface area contributed by atoms with Crippen LogP contribution in [-0.4, -0.2) is 6.54 Å². The number of furan rings is 1. The molecule has 1 atom stereocenters.